The lowest BCUT2D eigenvalue weighted by Crippen LogP contribution is -2.08. The average molecular weight is 253 g/mol. The van der Waals surface area contributed by atoms with Gasteiger partial charge in [-0.3, -0.25) is 0 Å². The highest BCUT2D eigenvalue weighted by atomic mass is 32.1. The first-order valence-electron chi connectivity index (χ1n) is 5.20. The van der Waals surface area contributed by atoms with Crippen LogP contribution in [-0.2, 0) is 6.54 Å². The van der Waals surface area contributed by atoms with Gasteiger partial charge in [0.1, 0.15) is 0 Å². The molecule has 0 unspecified atom stereocenters. The molecule has 0 amide bonds. The van der Waals surface area contributed by atoms with Gasteiger partial charge in [0, 0.05) is 22.8 Å². The number of nitrogens with two attached hydrogens (primary N) is 1. The summed E-state index contributed by atoms with van der Waals surface area (Å²) in [6, 6.07) is 4.57. The van der Waals surface area contributed by atoms with Gasteiger partial charge in [0.15, 0.2) is 5.13 Å². The number of hydrogen-bond donors (Lipinski definition) is 2. The van der Waals surface area contributed by atoms with Gasteiger partial charge in [0.2, 0.25) is 0 Å². The zero-order valence-corrected chi connectivity index (χ0v) is 11.0. The summed E-state index contributed by atoms with van der Waals surface area (Å²) in [6.07, 6.45) is 0. The van der Waals surface area contributed by atoms with Crippen LogP contribution in [0.15, 0.2) is 17.5 Å². The van der Waals surface area contributed by atoms with Gasteiger partial charge in [0.05, 0.1) is 10.6 Å². The molecule has 0 aliphatic rings. The van der Waals surface area contributed by atoms with Crippen molar-refractivity contribution in [1.82, 2.24) is 4.98 Å². The first-order chi connectivity index (χ1) is 7.69. The van der Waals surface area contributed by atoms with E-state index < -0.39 is 0 Å². The number of hydrogen-bond acceptors (Lipinski definition) is 5. The summed E-state index contributed by atoms with van der Waals surface area (Å²) >= 11 is 3.35. The molecule has 0 saturated heterocycles. The Balaban J connectivity index is 2.17. The fourth-order valence-corrected chi connectivity index (χ4v) is 3.10. The van der Waals surface area contributed by atoms with E-state index in [2.05, 4.69) is 41.7 Å². The normalized spacial score (nSPS) is 11.0. The Bertz CT molecular complexity index is 459. The second-order valence-corrected chi connectivity index (χ2v) is 5.83. The van der Waals surface area contributed by atoms with Crippen LogP contribution >= 0.6 is 22.7 Å². The number of rotatable bonds is 4. The minimum atomic E-state index is 0.418. The summed E-state index contributed by atoms with van der Waals surface area (Å²) in [5.41, 5.74) is 6.63. The molecule has 16 heavy (non-hydrogen) atoms. The lowest BCUT2D eigenvalue weighted by atomic mass is 10.3. The minimum Gasteiger partial charge on any atom is -0.359 e. The van der Waals surface area contributed by atoms with Crippen molar-refractivity contribution in [1.29, 1.82) is 0 Å². The molecular formula is C11H15N3S2. The van der Waals surface area contributed by atoms with E-state index in [9.17, 15) is 0 Å². The summed E-state index contributed by atoms with van der Waals surface area (Å²) < 4.78 is 0. The molecule has 2 rings (SSSR count). The van der Waals surface area contributed by atoms with Crippen LogP contribution in [-0.4, -0.2) is 11.0 Å². The Hall–Kier alpha value is -0.910. The molecule has 2 heterocycles. The third-order valence-electron chi connectivity index (χ3n) is 2.03. The maximum atomic E-state index is 5.59. The van der Waals surface area contributed by atoms with E-state index in [1.165, 1.54) is 9.75 Å². The molecule has 2 aromatic heterocycles. The summed E-state index contributed by atoms with van der Waals surface area (Å²) in [5, 5.41) is 6.36. The highest BCUT2D eigenvalue weighted by Gasteiger charge is 2.07. The molecule has 3 N–H and O–H groups in total. The smallest absolute Gasteiger partial charge is 0.183 e. The monoisotopic (exact) mass is 253 g/mol. The predicted molar refractivity (Wildman–Crippen MR) is 72.1 cm³/mol. The Labute approximate surface area is 103 Å². The van der Waals surface area contributed by atoms with Crippen LogP contribution in [0.1, 0.15) is 18.7 Å². The van der Waals surface area contributed by atoms with Gasteiger partial charge in [-0.2, -0.15) is 0 Å². The summed E-state index contributed by atoms with van der Waals surface area (Å²) in [7, 11) is 0. The molecule has 0 fully saturated rings. The lowest BCUT2D eigenvalue weighted by Gasteiger charge is -2.04. The molecule has 0 aromatic carbocycles. The molecule has 5 heteroatoms. The van der Waals surface area contributed by atoms with Crippen molar-refractivity contribution >= 4 is 27.8 Å². The van der Waals surface area contributed by atoms with Crippen LogP contribution in [0.25, 0.3) is 10.6 Å². The molecule has 0 aliphatic carbocycles. The number of thiazole rings is 1. The van der Waals surface area contributed by atoms with Gasteiger partial charge in [-0.15, -0.1) is 22.7 Å². The van der Waals surface area contributed by atoms with Gasteiger partial charge in [-0.1, -0.05) is 0 Å². The number of aromatic nitrogens is 1. The lowest BCUT2D eigenvalue weighted by molar-refractivity contribution is 0.897. The molecule has 0 bridgehead atoms. The van der Waals surface area contributed by atoms with Crippen molar-refractivity contribution in [3.63, 3.8) is 0 Å². The van der Waals surface area contributed by atoms with E-state index in [1.54, 1.807) is 22.7 Å². The molecule has 0 atom stereocenters. The summed E-state index contributed by atoms with van der Waals surface area (Å²) in [6.45, 7) is 4.82. The molecule has 0 radical (unpaired) electrons. The zero-order chi connectivity index (χ0) is 11.5. The van der Waals surface area contributed by atoms with Crippen LogP contribution in [0.4, 0.5) is 5.13 Å². The standard InChI is InChI=1S/C11H15N3S2/c1-7(2)13-11-14-9(6-15-11)10-4-3-8(5-12)16-10/h3-4,6-7H,5,12H2,1-2H3,(H,13,14). The van der Waals surface area contributed by atoms with Crippen LogP contribution in [0.5, 0.6) is 0 Å². The highest BCUT2D eigenvalue weighted by molar-refractivity contribution is 7.17. The van der Waals surface area contributed by atoms with Crippen molar-refractivity contribution in [3.05, 3.63) is 22.4 Å². The molecule has 2 aromatic rings. The molecule has 0 aliphatic heterocycles. The first kappa shape index (κ1) is 11.6. The van der Waals surface area contributed by atoms with Crippen LogP contribution in [0, 0.1) is 0 Å². The van der Waals surface area contributed by atoms with Crippen LogP contribution < -0.4 is 11.1 Å². The second kappa shape index (κ2) is 4.95. The van der Waals surface area contributed by atoms with Gasteiger partial charge < -0.3 is 11.1 Å². The predicted octanol–water partition coefficient (Wildman–Crippen LogP) is 3.15. The molecule has 0 spiro atoms. The Morgan fingerprint density at radius 2 is 2.25 bits per heavy atom. The fourth-order valence-electron chi connectivity index (χ4n) is 1.33. The Kier molecular flexibility index (Phi) is 3.58. The van der Waals surface area contributed by atoms with Crippen molar-refractivity contribution in [3.8, 4) is 10.6 Å². The average Bonchev–Trinajstić information content (AvgIpc) is 2.83. The van der Waals surface area contributed by atoms with Gasteiger partial charge in [0.25, 0.3) is 0 Å². The Morgan fingerprint density at radius 1 is 1.44 bits per heavy atom. The number of nitrogens with one attached hydrogen (secondary N) is 1. The molecular weight excluding hydrogens is 238 g/mol. The van der Waals surface area contributed by atoms with E-state index in [0.29, 0.717) is 12.6 Å². The highest BCUT2D eigenvalue weighted by Crippen LogP contribution is 2.30. The van der Waals surface area contributed by atoms with Gasteiger partial charge >= 0.3 is 0 Å². The van der Waals surface area contributed by atoms with Gasteiger partial charge in [-0.05, 0) is 26.0 Å². The SMILES string of the molecule is CC(C)Nc1nc(-c2ccc(CN)s2)cs1. The topological polar surface area (TPSA) is 50.9 Å². The molecule has 86 valence electrons. The Morgan fingerprint density at radius 3 is 2.88 bits per heavy atom. The van der Waals surface area contributed by atoms with E-state index in [4.69, 9.17) is 5.73 Å². The van der Waals surface area contributed by atoms with E-state index in [-0.39, 0.29) is 0 Å². The largest absolute Gasteiger partial charge is 0.359 e. The number of thiophene rings is 1. The van der Waals surface area contributed by atoms with Crippen molar-refractivity contribution in [2.45, 2.75) is 26.4 Å². The van der Waals surface area contributed by atoms with Crippen LogP contribution in [0.2, 0.25) is 0 Å². The van der Waals surface area contributed by atoms with Crippen molar-refractivity contribution < 1.29 is 0 Å². The number of nitrogens with zero attached hydrogens (tertiary/aromatic N) is 1. The van der Waals surface area contributed by atoms with E-state index >= 15 is 0 Å². The summed E-state index contributed by atoms with van der Waals surface area (Å²) in [5.74, 6) is 0. The van der Waals surface area contributed by atoms with Crippen LogP contribution in [0.3, 0.4) is 0 Å². The maximum absolute atomic E-state index is 5.59. The van der Waals surface area contributed by atoms with Crippen molar-refractivity contribution in [2.75, 3.05) is 5.32 Å². The fraction of sp³-hybridized carbons (Fsp3) is 0.364. The number of anilines is 1. The first-order valence-corrected chi connectivity index (χ1v) is 6.90. The quantitative estimate of drug-likeness (QED) is 0.880. The van der Waals surface area contributed by atoms with E-state index in [0.717, 1.165) is 10.8 Å². The molecule has 0 saturated carbocycles. The molecule has 3 nitrogen and oxygen atoms in total. The van der Waals surface area contributed by atoms with Crippen molar-refractivity contribution in [2.24, 2.45) is 5.73 Å². The van der Waals surface area contributed by atoms with Gasteiger partial charge in [-0.25, -0.2) is 4.98 Å². The minimum absolute atomic E-state index is 0.418. The summed E-state index contributed by atoms with van der Waals surface area (Å²) in [4.78, 5) is 6.93. The zero-order valence-electron chi connectivity index (χ0n) is 9.36. The third-order valence-corrected chi connectivity index (χ3v) is 3.94. The maximum Gasteiger partial charge on any atom is 0.183 e. The van der Waals surface area contributed by atoms with E-state index in [1.807, 2.05) is 0 Å². The second-order valence-electron chi connectivity index (χ2n) is 3.81. The third kappa shape index (κ3) is 2.61.